The smallest absolute Gasteiger partial charge is 0.139 e. The molecule has 2 saturated carbocycles. The number of hydrogen-bond donors (Lipinski definition) is 2. The predicted molar refractivity (Wildman–Crippen MR) is 121 cm³/mol. The van der Waals surface area contributed by atoms with Gasteiger partial charge in [-0.2, -0.15) is 0 Å². The number of imidazole rings is 1. The SMILES string of the molecule is CCC(CCCC1(O)CC1)c1cc(C2=C(C)CON=C2C)cc2[nH]c(C3CC3)nc12. The summed E-state index contributed by atoms with van der Waals surface area (Å²) in [6.45, 7) is 6.98. The van der Waals surface area contributed by atoms with Crippen molar-refractivity contribution in [2.24, 2.45) is 5.16 Å². The van der Waals surface area contributed by atoms with Crippen LogP contribution in [0.25, 0.3) is 16.6 Å². The molecule has 1 aliphatic heterocycles. The van der Waals surface area contributed by atoms with Gasteiger partial charge in [0, 0.05) is 11.5 Å². The minimum Gasteiger partial charge on any atom is -0.391 e. The highest BCUT2D eigenvalue weighted by Crippen LogP contribution is 2.43. The number of nitrogens with one attached hydrogen (secondary N) is 1. The van der Waals surface area contributed by atoms with E-state index in [9.17, 15) is 5.11 Å². The van der Waals surface area contributed by atoms with Gasteiger partial charge in [-0.05, 0) is 100.0 Å². The van der Waals surface area contributed by atoms with Gasteiger partial charge in [-0.15, -0.1) is 0 Å². The van der Waals surface area contributed by atoms with E-state index in [1.165, 1.54) is 35.1 Å². The lowest BCUT2D eigenvalue weighted by atomic mass is 9.86. The molecule has 1 aromatic heterocycles. The largest absolute Gasteiger partial charge is 0.391 e. The van der Waals surface area contributed by atoms with Crippen LogP contribution in [0.15, 0.2) is 22.9 Å². The van der Waals surface area contributed by atoms with Crippen molar-refractivity contribution >= 4 is 22.3 Å². The molecule has 2 aliphatic carbocycles. The molecule has 5 rings (SSSR count). The van der Waals surface area contributed by atoms with Gasteiger partial charge in [0.25, 0.3) is 0 Å². The van der Waals surface area contributed by atoms with E-state index in [0.29, 0.717) is 18.4 Å². The topological polar surface area (TPSA) is 70.5 Å². The summed E-state index contributed by atoms with van der Waals surface area (Å²) in [5, 5.41) is 14.5. The molecule has 5 nitrogen and oxygen atoms in total. The van der Waals surface area contributed by atoms with Gasteiger partial charge >= 0.3 is 0 Å². The average molecular weight is 408 g/mol. The molecule has 5 heteroatoms. The number of nitrogens with zero attached hydrogens (tertiary/aromatic N) is 2. The Morgan fingerprint density at radius 1 is 1.27 bits per heavy atom. The van der Waals surface area contributed by atoms with Gasteiger partial charge in [0.05, 0.1) is 22.3 Å². The number of aromatic nitrogens is 2. The third-order valence-corrected chi connectivity index (χ3v) is 7.11. The van der Waals surface area contributed by atoms with Gasteiger partial charge in [-0.25, -0.2) is 4.98 Å². The summed E-state index contributed by atoms with van der Waals surface area (Å²) in [7, 11) is 0. The van der Waals surface area contributed by atoms with Gasteiger partial charge in [-0.1, -0.05) is 12.1 Å². The second kappa shape index (κ2) is 7.52. The van der Waals surface area contributed by atoms with Crippen LogP contribution < -0.4 is 0 Å². The summed E-state index contributed by atoms with van der Waals surface area (Å²) >= 11 is 0. The van der Waals surface area contributed by atoms with Gasteiger partial charge in [0.2, 0.25) is 0 Å². The van der Waals surface area contributed by atoms with Crippen molar-refractivity contribution in [1.29, 1.82) is 0 Å². The summed E-state index contributed by atoms with van der Waals surface area (Å²) in [4.78, 5) is 14.0. The lowest BCUT2D eigenvalue weighted by Crippen LogP contribution is -2.11. The first-order valence-corrected chi connectivity index (χ1v) is 11.6. The van der Waals surface area contributed by atoms with Crippen LogP contribution in [-0.2, 0) is 4.84 Å². The zero-order chi connectivity index (χ0) is 20.9. The summed E-state index contributed by atoms with van der Waals surface area (Å²) in [6, 6.07) is 4.60. The van der Waals surface area contributed by atoms with E-state index in [2.05, 4.69) is 36.1 Å². The summed E-state index contributed by atoms with van der Waals surface area (Å²) in [6.07, 6.45) is 8.60. The molecule has 2 fully saturated rings. The number of oxime groups is 1. The molecule has 0 spiro atoms. The molecular formula is C25H33N3O2. The van der Waals surface area contributed by atoms with Crippen LogP contribution in [0, 0.1) is 0 Å². The molecule has 1 unspecified atom stereocenters. The fourth-order valence-corrected chi connectivity index (χ4v) is 4.93. The van der Waals surface area contributed by atoms with E-state index in [1.807, 2.05) is 6.92 Å². The van der Waals surface area contributed by atoms with E-state index in [4.69, 9.17) is 9.82 Å². The van der Waals surface area contributed by atoms with Crippen LogP contribution >= 0.6 is 0 Å². The average Bonchev–Trinajstić information content (AvgIpc) is 3.64. The highest BCUT2D eigenvalue weighted by atomic mass is 16.6. The Labute approximate surface area is 178 Å². The van der Waals surface area contributed by atoms with Crippen LogP contribution in [0.3, 0.4) is 0 Å². The van der Waals surface area contributed by atoms with E-state index in [1.54, 1.807) is 0 Å². The summed E-state index contributed by atoms with van der Waals surface area (Å²) < 4.78 is 0. The Bertz CT molecular complexity index is 1020. The molecule has 2 aromatic rings. The Balaban J connectivity index is 1.54. The number of H-pyrrole nitrogens is 1. The highest BCUT2D eigenvalue weighted by Gasteiger charge is 2.39. The molecular weight excluding hydrogens is 374 g/mol. The van der Waals surface area contributed by atoms with Crippen LogP contribution in [0.5, 0.6) is 0 Å². The first-order chi connectivity index (χ1) is 14.5. The van der Waals surface area contributed by atoms with Gasteiger partial charge in [0.15, 0.2) is 0 Å². The minimum absolute atomic E-state index is 0.363. The first-order valence-electron chi connectivity index (χ1n) is 11.6. The van der Waals surface area contributed by atoms with E-state index in [-0.39, 0.29) is 5.60 Å². The molecule has 1 atom stereocenters. The maximum atomic E-state index is 10.3. The fraction of sp³-hybridized carbons (Fsp3) is 0.600. The highest BCUT2D eigenvalue weighted by molar-refractivity contribution is 6.24. The lowest BCUT2D eigenvalue weighted by molar-refractivity contribution is 0.135. The normalized spacial score (nSPS) is 21.5. The third-order valence-electron chi connectivity index (χ3n) is 7.11. The lowest BCUT2D eigenvalue weighted by Gasteiger charge is -2.21. The number of aromatic amines is 1. The van der Waals surface area contributed by atoms with E-state index >= 15 is 0 Å². The van der Waals surface area contributed by atoms with Crippen molar-refractivity contribution in [2.75, 3.05) is 6.61 Å². The molecule has 2 N–H and O–H groups in total. The van der Waals surface area contributed by atoms with Gasteiger partial charge < -0.3 is 14.9 Å². The molecule has 1 aromatic carbocycles. The second-order valence-electron chi connectivity index (χ2n) is 9.69. The molecule has 0 saturated heterocycles. The minimum atomic E-state index is -0.363. The predicted octanol–water partition coefficient (Wildman–Crippen LogP) is 5.81. The fourth-order valence-electron chi connectivity index (χ4n) is 4.93. The first kappa shape index (κ1) is 19.8. The molecule has 3 aliphatic rings. The van der Waals surface area contributed by atoms with Gasteiger partial charge in [-0.3, -0.25) is 0 Å². The van der Waals surface area contributed by atoms with Crippen molar-refractivity contribution in [3.8, 4) is 0 Å². The van der Waals surface area contributed by atoms with E-state index in [0.717, 1.165) is 61.1 Å². The third kappa shape index (κ3) is 3.80. The van der Waals surface area contributed by atoms with Crippen LogP contribution in [0.1, 0.15) is 101 Å². The standard InChI is InChI=1S/C25H33N3O2/c1-4-17(6-5-9-25(29)10-11-25)20-12-19(22-15(2)14-30-28-16(22)3)13-21-23(20)27-24(26-21)18-7-8-18/h12-13,17-18,29H,4-11,14H2,1-3H3,(H,26,27). The van der Waals surface area contributed by atoms with Crippen molar-refractivity contribution in [2.45, 2.75) is 89.6 Å². The molecule has 30 heavy (non-hydrogen) atoms. The van der Waals surface area contributed by atoms with Crippen molar-refractivity contribution in [3.63, 3.8) is 0 Å². The Morgan fingerprint density at radius 3 is 2.73 bits per heavy atom. The molecule has 0 radical (unpaired) electrons. The number of fused-ring (bicyclic) bond motifs is 1. The van der Waals surface area contributed by atoms with Gasteiger partial charge in [0.1, 0.15) is 12.4 Å². The number of aliphatic hydroxyl groups is 1. The summed E-state index contributed by atoms with van der Waals surface area (Å²) in [5.74, 6) is 2.20. The molecule has 2 heterocycles. The number of benzene rings is 1. The Morgan fingerprint density at radius 2 is 2.07 bits per heavy atom. The maximum absolute atomic E-state index is 10.3. The Hall–Kier alpha value is -2.14. The zero-order valence-corrected chi connectivity index (χ0v) is 18.4. The van der Waals surface area contributed by atoms with Crippen molar-refractivity contribution < 1.29 is 9.94 Å². The number of hydrogen-bond acceptors (Lipinski definition) is 4. The molecule has 160 valence electrons. The Kier molecular flexibility index (Phi) is 4.97. The zero-order valence-electron chi connectivity index (χ0n) is 18.4. The van der Waals surface area contributed by atoms with Crippen LogP contribution in [0.2, 0.25) is 0 Å². The summed E-state index contributed by atoms with van der Waals surface area (Å²) in [5.41, 5.74) is 7.84. The van der Waals surface area contributed by atoms with Crippen molar-refractivity contribution in [1.82, 2.24) is 9.97 Å². The van der Waals surface area contributed by atoms with E-state index < -0.39 is 0 Å². The quantitative estimate of drug-likeness (QED) is 0.580. The molecule has 0 amide bonds. The number of allylic oxidation sites excluding steroid dienone is 1. The second-order valence-corrected chi connectivity index (χ2v) is 9.69. The van der Waals surface area contributed by atoms with Crippen LogP contribution in [-0.4, -0.2) is 33.0 Å². The monoisotopic (exact) mass is 407 g/mol. The molecule has 0 bridgehead atoms. The van der Waals surface area contributed by atoms with Crippen molar-refractivity contribution in [3.05, 3.63) is 34.7 Å². The van der Waals surface area contributed by atoms with Crippen LogP contribution in [0.4, 0.5) is 0 Å². The number of rotatable bonds is 8. The maximum Gasteiger partial charge on any atom is 0.139 e.